The first-order valence-electron chi connectivity index (χ1n) is 5.94. The predicted octanol–water partition coefficient (Wildman–Crippen LogP) is 2.32. The number of hydrogen-bond acceptors (Lipinski definition) is 3. The third kappa shape index (κ3) is 2.06. The van der Waals surface area contributed by atoms with Crippen LogP contribution in [0.4, 0.5) is 4.79 Å². The van der Waals surface area contributed by atoms with Crippen LogP contribution in [0, 0.1) is 5.92 Å². The number of amides is 2. The summed E-state index contributed by atoms with van der Waals surface area (Å²) in [4.78, 5) is 25.2. The maximum atomic E-state index is 11.9. The third-order valence-electron chi connectivity index (χ3n) is 3.19. The van der Waals surface area contributed by atoms with Crippen molar-refractivity contribution < 1.29 is 14.3 Å². The summed E-state index contributed by atoms with van der Waals surface area (Å²) >= 11 is 0. The Labute approximate surface area is 95.9 Å². The standard InChI is InChI=1S/C12H19NO3/c1-12(2,3)16-11(15)13-9-6-4-5-8(7-9)10(13)14/h8-9H,4-7H2,1-3H3. The molecule has 16 heavy (non-hydrogen) atoms. The number of carbonyl (C=O) groups is 2. The molecule has 2 rings (SSSR count). The number of carbonyl (C=O) groups excluding carboxylic acids is 2. The molecule has 0 N–H and O–H groups in total. The first kappa shape index (κ1) is 11.4. The lowest BCUT2D eigenvalue weighted by molar-refractivity contribution is -0.130. The normalized spacial score (nSPS) is 29.4. The van der Waals surface area contributed by atoms with Gasteiger partial charge in [0.2, 0.25) is 5.91 Å². The van der Waals surface area contributed by atoms with Gasteiger partial charge in [-0.3, -0.25) is 4.79 Å². The van der Waals surface area contributed by atoms with E-state index in [2.05, 4.69) is 0 Å². The van der Waals surface area contributed by atoms with Crippen molar-refractivity contribution in [1.29, 1.82) is 0 Å². The van der Waals surface area contributed by atoms with E-state index in [0.717, 1.165) is 25.7 Å². The fourth-order valence-electron chi connectivity index (χ4n) is 2.55. The summed E-state index contributed by atoms with van der Waals surface area (Å²) in [6.45, 7) is 5.45. The zero-order valence-electron chi connectivity index (χ0n) is 10.2. The van der Waals surface area contributed by atoms with Gasteiger partial charge in [-0.1, -0.05) is 6.42 Å². The number of hydrogen-bond donors (Lipinski definition) is 0. The molecule has 0 aromatic heterocycles. The molecule has 0 spiro atoms. The van der Waals surface area contributed by atoms with Gasteiger partial charge in [0.05, 0.1) is 0 Å². The van der Waals surface area contributed by atoms with E-state index in [1.807, 2.05) is 20.8 Å². The highest BCUT2D eigenvalue weighted by atomic mass is 16.6. The molecule has 2 aliphatic rings. The summed E-state index contributed by atoms with van der Waals surface area (Å²) < 4.78 is 5.27. The number of imide groups is 1. The summed E-state index contributed by atoms with van der Waals surface area (Å²) in [5, 5.41) is 0. The number of fused-ring (bicyclic) bond motifs is 2. The highest BCUT2D eigenvalue weighted by Crippen LogP contribution is 2.37. The van der Waals surface area contributed by atoms with Crippen LogP contribution in [-0.4, -0.2) is 28.5 Å². The van der Waals surface area contributed by atoms with Crippen LogP contribution >= 0.6 is 0 Å². The lowest BCUT2D eigenvalue weighted by Crippen LogP contribution is -2.42. The molecule has 2 fully saturated rings. The van der Waals surface area contributed by atoms with E-state index < -0.39 is 11.7 Å². The first-order valence-corrected chi connectivity index (χ1v) is 5.94. The van der Waals surface area contributed by atoms with Gasteiger partial charge in [-0.15, -0.1) is 0 Å². The molecule has 0 aromatic rings. The van der Waals surface area contributed by atoms with Crippen molar-refractivity contribution in [1.82, 2.24) is 4.90 Å². The van der Waals surface area contributed by atoms with Crippen LogP contribution in [0.3, 0.4) is 0 Å². The molecule has 4 heteroatoms. The van der Waals surface area contributed by atoms with Crippen LogP contribution in [-0.2, 0) is 9.53 Å². The van der Waals surface area contributed by atoms with Crippen molar-refractivity contribution in [3.8, 4) is 0 Å². The second-order valence-electron chi connectivity index (χ2n) is 5.71. The number of ether oxygens (including phenoxy) is 1. The van der Waals surface area contributed by atoms with Gasteiger partial charge in [0.25, 0.3) is 0 Å². The van der Waals surface area contributed by atoms with Gasteiger partial charge in [-0.25, -0.2) is 9.69 Å². The number of nitrogens with zero attached hydrogens (tertiary/aromatic N) is 1. The van der Waals surface area contributed by atoms with Gasteiger partial charge in [0.1, 0.15) is 5.60 Å². The van der Waals surface area contributed by atoms with Crippen molar-refractivity contribution in [2.75, 3.05) is 0 Å². The van der Waals surface area contributed by atoms with E-state index >= 15 is 0 Å². The van der Waals surface area contributed by atoms with Crippen LogP contribution in [0.25, 0.3) is 0 Å². The summed E-state index contributed by atoms with van der Waals surface area (Å²) in [7, 11) is 0. The fraction of sp³-hybridized carbons (Fsp3) is 0.833. The molecule has 1 saturated carbocycles. The highest BCUT2D eigenvalue weighted by Gasteiger charge is 2.46. The van der Waals surface area contributed by atoms with Gasteiger partial charge >= 0.3 is 6.09 Å². The molecule has 2 atom stereocenters. The molecule has 2 bridgehead atoms. The minimum Gasteiger partial charge on any atom is -0.443 e. The van der Waals surface area contributed by atoms with E-state index in [1.165, 1.54) is 4.90 Å². The van der Waals surface area contributed by atoms with Gasteiger partial charge in [0.15, 0.2) is 0 Å². The zero-order chi connectivity index (χ0) is 11.9. The van der Waals surface area contributed by atoms with Gasteiger partial charge in [0, 0.05) is 12.0 Å². The van der Waals surface area contributed by atoms with E-state index in [9.17, 15) is 9.59 Å². The Kier molecular flexibility index (Phi) is 2.68. The Hall–Kier alpha value is -1.06. The molecule has 90 valence electrons. The van der Waals surface area contributed by atoms with Gasteiger partial charge < -0.3 is 4.74 Å². The Bertz CT molecular complexity index is 319. The molecule has 1 aliphatic carbocycles. The van der Waals surface area contributed by atoms with Crippen LogP contribution in [0.5, 0.6) is 0 Å². The van der Waals surface area contributed by atoms with Crippen LogP contribution in [0.2, 0.25) is 0 Å². The Balaban J connectivity index is 2.09. The Morgan fingerprint density at radius 2 is 2.06 bits per heavy atom. The first-order chi connectivity index (χ1) is 7.38. The lowest BCUT2D eigenvalue weighted by Gasteiger charge is -2.27. The van der Waals surface area contributed by atoms with E-state index in [4.69, 9.17) is 4.74 Å². The quantitative estimate of drug-likeness (QED) is 0.635. The van der Waals surface area contributed by atoms with E-state index in [0.29, 0.717) is 0 Å². The Morgan fingerprint density at radius 1 is 1.38 bits per heavy atom. The minimum absolute atomic E-state index is 0.0308. The molecule has 1 heterocycles. The minimum atomic E-state index is -0.534. The zero-order valence-corrected chi connectivity index (χ0v) is 10.2. The van der Waals surface area contributed by atoms with Crippen molar-refractivity contribution in [3.63, 3.8) is 0 Å². The monoisotopic (exact) mass is 225 g/mol. The van der Waals surface area contributed by atoms with E-state index in [-0.39, 0.29) is 17.9 Å². The molecule has 1 saturated heterocycles. The Morgan fingerprint density at radius 3 is 2.62 bits per heavy atom. The third-order valence-corrected chi connectivity index (χ3v) is 3.19. The molecular formula is C12H19NO3. The van der Waals surface area contributed by atoms with Crippen molar-refractivity contribution >= 4 is 12.0 Å². The van der Waals surface area contributed by atoms with Gasteiger partial charge in [-0.2, -0.15) is 0 Å². The molecule has 0 aromatic carbocycles. The lowest BCUT2D eigenvalue weighted by atomic mass is 9.90. The fourth-order valence-corrected chi connectivity index (χ4v) is 2.55. The number of rotatable bonds is 0. The van der Waals surface area contributed by atoms with Crippen molar-refractivity contribution in [2.45, 2.75) is 58.1 Å². The molecule has 2 unspecified atom stereocenters. The number of likely N-dealkylation sites (tertiary alicyclic amines) is 1. The summed E-state index contributed by atoms with van der Waals surface area (Å²) in [5.74, 6) is 0.0306. The van der Waals surface area contributed by atoms with Gasteiger partial charge in [-0.05, 0) is 40.0 Å². The summed E-state index contributed by atoms with van der Waals surface area (Å²) in [5.41, 5.74) is -0.534. The molecular weight excluding hydrogens is 206 g/mol. The van der Waals surface area contributed by atoms with E-state index in [1.54, 1.807) is 0 Å². The maximum absolute atomic E-state index is 11.9. The summed E-state index contributed by atoms with van der Waals surface area (Å²) in [6, 6.07) is 0.0844. The second-order valence-corrected chi connectivity index (χ2v) is 5.71. The highest BCUT2D eigenvalue weighted by molar-refractivity contribution is 5.95. The molecule has 2 amide bonds. The topological polar surface area (TPSA) is 46.6 Å². The average Bonchev–Trinajstić information content (AvgIpc) is 2.35. The largest absolute Gasteiger partial charge is 0.443 e. The van der Waals surface area contributed by atoms with Crippen LogP contribution < -0.4 is 0 Å². The molecule has 0 radical (unpaired) electrons. The average molecular weight is 225 g/mol. The predicted molar refractivity (Wildman–Crippen MR) is 58.8 cm³/mol. The second kappa shape index (κ2) is 3.75. The molecule has 1 aliphatic heterocycles. The van der Waals surface area contributed by atoms with Crippen LogP contribution in [0.15, 0.2) is 0 Å². The molecule has 4 nitrogen and oxygen atoms in total. The van der Waals surface area contributed by atoms with Crippen molar-refractivity contribution in [2.24, 2.45) is 5.92 Å². The maximum Gasteiger partial charge on any atom is 0.417 e. The van der Waals surface area contributed by atoms with Crippen molar-refractivity contribution in [3.05, 3.63) is 0 Å². The smallest absolute Gasteiger partial charge is 0.417 e. The SMILES string of the molecule is CC(C)(C)OC(=O)N1C(=O)C2CCCC1C2. The summed E-state index contributed by atoms with van der Waals surface area (Å²) in [6.07, 6.45) is 3.26. The van der Waals surface area contributed by atoms with Crippen LogP contribution in [0.1, 0.15) is 46.5 Å².